The molecule has 2 aromatic rings. The fourth-order valence-electron chi connectivity index (χ4n) is 2.72. The van der Waals surface area contributed by atoms with Gasteiger partial charge in [0.25, 0.3) is 0 Å². The van der Waals surface area contributed by atoms with Crippen LogP contribution >= 0.6 is 11.6 Å². The maximum Gasteiger partial charge on any atom is 0.167 e. The van der Waals surface area contributed by atoms with Gasteiger partial charge in [-0.25, -0.2) is 0 Å². The molecule has 0 radical (unpaired) electrons. The van der Waals surface area contributed by atoms with Gasteiger partial charge in [-0.05, 0) is 17.7 Å². The summed E-state index contributed by atoms with van der Waals surface area (Å²) in [5.74, 6) is -0.490. The molecule has 0 aliphatic heterocycles. The topological polar surface area (TPSA) is 40.9 Å². The number of halogens is 1. The number of nitrogens with zero attached hydrogens (tertiary/aromatic N) is 1. The Bertz CT molecular complexity index is 690. The number of benzene rings is 2. The SMILES string of the molecule is N#CC1C(C(=O)c2ccccc2)C1c1cccc(Cl)c1. The van der Waals surface area contributed by atoms with Gasteiger partial charge in [0.2, 0.25) is 0 Å². The van der Waals surface area contributed by atoms with Crippen LogP contribution in [0.5, 0.6) is 0 Å². The first kappa shape index (κ1) is 12.9. The van der Waals surface area contributed by atoms with Crippen LogP contribution in [0.4, 0.5) is 0 Å². The molecule has 2 nitrogen and oxygen atoms in total. The van der Waals surface area contributed by atoms with E-state index in [0.29, 0.717) is 10.6 Å². The van der Waals surface area contributed by atoms with Crippen LogP contribution in [0, 0.1) is 23.2 Å². The van der Waals surface area contributed by atoms with Crippen molar-refractivity contribution in [2.24, 2.45) is 11.8 Å². The average molecular weight is 282 g/mol. The van der Waals surface area contributed by atoms with Crippen molar-refractivity contribution in [1.29, 1.82) is 5.26 Å². The Morgan fingerprint density at radius 1 is 1.10 bits per heavy atom. The quantitative estimate of drug-likeness (QED) is 0.796. The summed E-state index contributed by atoms with van der Waals surface area (Å²) >= 11 is 5.98. The maximum atomic E-state index is 12.5. The summed E-state index contributed by atoms with van der Waals surface area (Å²) in [6.07, 6.45) is 0. The fraction of sp³-hybridized carbons (Fsp3) is 0.176. The van der Waals surface area contributed by atoms with E-state index in [-0.39, 0.29) is 23.5 Å². The van der Waals surface area contributed by atoms with Gasteiger partial charge in [0.1, 0.15) is 0 Å². The van der Waals surface area contributed by atoms with Crippen molar-refractivity contribution in [3.05, 3.63) is 70.7 Å². The van der Waals surface area contributed by atoms with Crippen molar-refractivity contribution in [2.45, 2.75) is 5.92 Å². The number of hydrogen-bond acceptors (Lipinski definition) is 2. The van der Waals surface area contributed by atoms with E-state index in [1.807, 2.05) is 36.4 Å². The summed E-state index contributed by atoms with van der Waals surface area (Å²) in [5, 5.41) is 9.87. The van der Waals surface area contributed by atoms with E-state index in [1.54, 1.807) is 18.2 Å². The minimum atomic E-state index is -0.249. The van der Waals surface area contributed by atoms with Crippen molar-refractivity contribution in [2.75, 3.05) is 0 Å². The Morgan fingerprint density at radius 3 is 2.50 bits per heavy atom. The zero-order valence-corrected chi connectivity index (χ0v) is 11.4. The summed E-state index contributed by atoms with van der Waals surface area (Å²) in [5.41, 5.74) is 1.64. The second-order valence-corrected chi connectivity index (χ2v) is 5.43. The molecule has 3 rings (SSSR count). The van der Waals surface area contributed by atoms with Gasteiger partial charge in [-0.15, -0.1) is 0 Å². The highest BCUT2D eigenvalue weighted by molar-refractivity contribution is 6.30. The molecule has 1 aliphatic rings. The molecule has 0 saturated heterocycles. The van der Waals surface area contributed by atoms with E-state index in [1.165, 1.54) is 0 Å². The molecule has 3 unspecified atom stereocenters. The Balaban J connectivity index is 1.88. The van der Waals surface area contributed by atoms with Crippen LogP contribution in [0.2, 0.25) is 5.02 Å². The zero-order valence-electron chi connectivity index (χ0n) is 10.7. The van der Waals surface area contributed by atoms with Gasteiger partial charge in [0.15, 0.2) is 5.78 Å². The minimum absolute atomic E-state index is 0.0357. The summed E-state index contributed by atoms with van der Waals surface area (Å²) in [7, 11) is 0. The van der Waals surface area contributed by atoms with E-state index in [2.05, 4.69) is 6.07 Å². The van der Waals surface area contributed by atoms with E-state index in [0.717, 1.165) is 5.56 Å². The lowest BCUT2D eigenvalue weighted by atomic mass is 10.0. The third kappa shape index (κ3) is 2.21. The van der Waals surface area contributed by atoms with Crippen molar-refractivity contribution in [3.8, 4) is 6.07 Å². The average Bonchev–Trinajstić information content (AvgIpc) is 3.22. The second kappa shape index (κ2) is 5.11. The van der Waals surface area contributed by atoms with Crippen molar-refractivity contribution >= 4 is 17.4 Å². The van der Waals surface area contributed by atoms with Gasteiger partial charge < -0.3 is 0 Å². The Hall–Kier alpha value is -2.11. The molecule has 98 valence electrons. The van der Waals surface area contributed by atoms with Gasteiger partial charge in [-0.3, -0.25) is 4.79 Å². The first-order valence-electron chi connectivity index (χ1n) is 6.46. The summed E-state index contributed by atoms with van der Waals surface area (Å²) < 4.78 is 0. The number of rotatable bonds is 3. The van der Waals surface area contributed by atoms with Crippen LogP contribution in [0.25, 0.3) is 0 Å². The predicted molar refractivity (Wildman–Crippen MR) is 77.6 cm³/mol. The van der Waals surface area contributed by atoms with E-state index in [9.17, 15) is 10.1 Å². The highest BCUT2D eigenvalue weighted by Crippen LogP contribution is 2.55. The van der Waals surface area contributed by atoms with Gasteiger partial charge >= 0.3 is 0 Å². The molecular weight excluding hydrogens is 270 g/mol. The number of carbonyl (C=O) groups excluding carboxylic acids is 1. The van der Waals surface area contributed by atoms with Crippen LogP contribution in [0.15, 0.2) is 54.6 Å². The standard InChI is InChI=1S/C17H12ClNO/c18-13-8-4-7-12(9-13)15-14(10-19)16(15)17(20)11-5-2-1-3-6-11/h1-9,14-16H. The lowest BCUT2D eigenvalue weighted by Crippen LogP contribution is -2.03. The summed E-state index contributed by atoms with van der Waals surface area (Å²) in [6, 6.07) is 18.8. The highest BCUT2D eigenvalue weighted by atomic mass is 35.5. The predicted octanol–water partition coefficient (Wildman–Crippen LogP) is 4.08. The molecule has 0 N–H and O–H groups in total. The van der Waals surface area contributed by atoms with Gasteiger partial charge in [-0.1, -0.05) is 54.1 Å². The number of carbonyl (C=O) groups is 1. The molecule has 2 aromatic carbocycles. The lowest BCUT2D eigenvalue weighted by Gasteiger charge is -2.01. The van der Waals surface area contributed by atoms with Crippen molar-refractivity contribution in [3.63, 3.8) is 0 Å². The fourth-order valence-corrected chi connectivity index (χ4v) is 2.92. The van der Waals surface area contributed by atoms with Crippen LogP contribution in [0.1, 0.15) is 21.8 Å². The van der Waals surface area contributed by atoms with E-state index >= 15 is 0 Å². The van der Waals surface area contributed by atoms with Crippen molar-refractivity contribution in [1.82, 2.24) is 0 Å². The molecular formula is C17H12ClNO. The van der Waals surface area contributed by atoms with Gasteiger partial charge in [0, 0.05) is 22.4 Å². The molecule has 3 atom stereocenters. The summed E-state index contributed by atoms with van der Waals surface area (Å²) in [4.78, 5) is 12.5. The third-order valence-electron chi connectivity index (χ3n) is 3.76. The molecule has 1 aliphatic carbocycles. The van der Waals surface area contributed by atoms with Crippen molar-refractivity contribution < 1.29 is 4.79 Å². The lowest BCUT2D eigenvalue weighted by molar-refractivity contribution is 0.0962. The number of Topliss-reactive ketones (excluding diaryl/α,β-unsaturated/α-hetero) is 1. The van der Waals surface area contributed by atoms with Crippen LogP contribution in [0.3, 0.4) is 0 Å². The third-order valence-corrected chi connectivity index (χ3v) is 4.00. The number of ketones is 1. The smallest absolute Gasteiger partial charge is 0.167 e. The largest absolute Gasteiger partial charge is 0.294 e. The van der Waals surface area contributed by atoms with Gasteiger partial charge in [0.05, 0.1) is 12.0 Å². The number of hydrogen-bond donors (Lipinski definition) is 0. The molecule has 20 heavy (non-hydrogen) atoms. The highest BCUT2D eigenvalue weighted by Gasteiger charge is 2.55. The molecule has 1 saturated carbocycles. The molecule has 0 spiro atoms. The molecule has 3 heteroatoms. The van der Waals surface area contributed by atoms with Crippen LogP contribution < -0.4 is 0 Å². The molecule has 1 fully saturated rings. The molecule has 0 amide bonds. The first-order valence-corrected chi connectivity index (χ1v) is 6.84. The maximum absolute atomic E-state index is 12.5. The second-order valence-electron chi connectivity index (χ2n) is 4.99. The molecule has 0 heterocycles. The van der Waals surface area contributed by atoms with Gasteiger partial charge in [-0.2, -0.15) is 5.26 Å². The Labute approximate surface area is 122 Å². The number of nitriles is 1. The first-order chi connectivity index (χ1) is 9.72. The normalized spacial score (nSPS) is 23.9. The Kier molecular flexibility index (Phi) is 3.30. The Morgan fingerprint density at radius 2 is 1.85 bits per heavy atom. The minimum Gasteiger partial charge on any atom is -0.294 e. The molecule has 0 aromatic heterocycles. The zero-order chi connectivity index (χ0) is 14.1. The summed E-state index contributed by atoms with van der Waals surface area (Å²) in [6.45, 7) is 0. The van der Waals surface area contributed by atoms with E-state index < -0.39 is 0 Å². The van der Waals surface area contributed by atoms with E-state index in [4.69, 9.17) is 11.6 Å². The van der Waals surface area contributed by atoms with Crippen LogP contribution in [-0.2, 0) is 0 Å². The monoisotopic (exact) mass is 281 g/mol. The molecule has 0 bridgehead atoms. The van der Waals surface area contributed by atoms with Crippen LogP contribution in [-0.4, -0.2) is 5.78 Å².